The number of nitrogen functional groups attached to an aromatic ring is 1. The molecular weight excluding hydrogens is 351 g/mol. The van der Waals surface area contributed by atoms with Gasteiger partial charge in [-0.1, -0.05) is 18.2 Å². The van der Waals surface area contributed by atoms with Gasteiger partial charge in [-0.25, -0.2) is 0 Å². The Bertz CT molecular complexity index is 558. The number of nitrogens with one attached hydrogen (secondary N) is 1. The maximum absolute atomic E-state index is 5.96. The van der Waals surface area contributed by atoms with Crippen molar-refractivity contribution < 1.29 is 4.74 Å². The van der Waals surface area contributed by atoms with Crippen molar-refractivity contribution in [3.8, 4) is 5.75 Å². The molecule has 0 heterocycles. The molecular formula is C15H17IN2O. The van der Waals surface area contributed by atoms with Gasteiger partial charge in [0.2, 0.25) is 0 Å². The monoisotopic (exact) mass is 368 g/mol. The molecule has 0 saturated heterocycles. The van der Waals surface area contributed by atoms with Crippen LogP contribution in [0.2, 0.25) is 0 Å². The molecule has 0 spiro atoms. The van der Waals surface area contributed by atoms with E-state index in [2.05, 4.69) is 34.0 Å². The van der Waals surface area contributed by atoms with Crippen molar-refractivity contribution in [2.45, 2.75) is 6.42 Å². The molecule has 2 aromatic carbocycles. The number of nitrogens with two attached hydrogens (primary N) is 1. The minimum Gasteiger partial charge on any atom is -0.496 e. The maximum atomic E-state index is 5.96. The Morgan fingerprint density at radius 1 is 1.21 bits per heavy atom. The van der Waals surface area contributed by atoms with Crippen LogP contribution in [0, 0.1) is 3.57 Å². The van der Waals surface area contributed by atoms with Gasteiger partial charge in [-0.05, 0) is 58.8 Å². The molecule has 0 aliphatic heterocycles. The first-order chi connectivity index (χ1) is 9.20. The highest BCUT2D eigenvalue weighted by atomic mass is 127. The van der Waals surface area contributed by atoms with Gasteiger partial charge in [0, 0.05) is 10.1 Å². The molecule has 2 aromatic rings. The number of hydrogen-bond acceptors (Lipinski definition) is 3. The first-order valence-electron chi connectivity index (χ1n) is 6.11. The minimum atomic E-state index is 0.784. The molecule has 0 amide bonds. The Hall–Kier alpha value is -1.43. The number of methoxy groups -OCH3 is 1. The Balaban J connectivity index is 1.96. The number of ether oxygens (including phenoxy) is 1. The molecule has 0 aliphatic carbocycles. The zero-order valence-corrected chi connectivity index (χ0v) is 13.0. The summed E-state index contributed by atoms with van der Waals surface area (Å²) < 4.78 is 6.48. The number of rotatable bonds is 5. The SMILES string of the molecule is COc1ccccc1CCNc1ccc(I)cc1N. The van der Waals surface area contributed by atoms with Gasteiger partial charge < -0.3 is 15.8 Å². The van der Waals surface area contributed by atoms with Crippen molar-refractivity contribution >= 4 is 34.0 Å². The Labute approximate surface area is 127 Å². The first kappa shape index (κ1) is 14.0. The van der Waals surface area contributed by atoms with Gasteiger partial charge in [0.25, 0.3) is 0 Å². The highest BCUT2D eigenvalue weighted by molar-refractivity contribution is 14.1. The van der Waals surface area contributed by atoms with Crippen molar-refractivity contribution in [3.63, 3.8) is 0 Å². The van der Waals surface area contributed by atoms with Crippen molar-refractivity contribution in [1.29, 1.82) is 0 Å². The van der Waals surface area contributed by atoms with E-state index < -0.39 is 0 Å². The van der Waals surface area contributed by atoms with Crippen molar-refractivity contribution in [2.24, 2.45) is 0 Å². The summed E-state index contributed by atoms with van der Waals surface area (Å²) in [6, 6.07) is 14.1. The number of halogens is 1. The van der Waals surface area contributed by atoms with Gasteiger partial charge in [-0.3, -0.25) is 0 Å². The molecule has 0 unspecified atom stereocenters. The van der Waals surface area contributed by atoms with Crippen LogP contribution in [0.25, 0.3) is 0 Å². The van der Waals surface area contributed by atoms with Crippen LogP contribution in [-0.4, -0.2) is 13.7 Å². The Kier molecular flexibility index (Phi) is 4.90. The summed E-state index contributed by atoms with van der Waals surface area (Å²) in [5.74, 6) is 0.930. The largest absolute Gasteiger partial charge is 0.496 e. The fourth-order valence-electron chi connectivity index (χ4n) is 1.94. The summed E-state index contributed by atoms with van der Waals surface area (Å²) >= 11 is 2.25. The van der Waals surface area contributed by atoms with E-state index in [1.54, 1.807) is 7.11 Å². The third-order valence-corrected chi connectivity index (χ3v) is 3.59. The lowest BCUT2D eigenvalue weighted by Crippen LogP contribution is -2.07. The van der Waals surface area contributed by atoms with Crippen LogP contribution in [0.15, 0.2) is 42.5 Å². The van der Waals surface area contributed by atoms with E-state index in [1.807, 2.05) is 36.4 Å². The van der Waals surface area contributed by atoms with Crippen LogP contribution in [0.5, 0.6) is 5.75 Å². The van der Waals surface area contributed by atoms with E-state index in [-0.39, 0.29) is 0 Å². The van der Waals surface area contributed by atoms with Crippen molar-refractivity contribution in [2.75, 3.05) is 24.7 Å². The van der Waals surface area contributed by atoms with Crippen LogP contribution < -0.4 is 15.8 Å². The molecule has 0 bridgehead atoms. The minimum absolute atomic E-state index is 0.784. The van der Waals surface area contributed by atoms with Gasteiger partial charge >= 0.3 is 0 Å². The predicted octanol–water partition coefficient (Wildman–Crippen LogP) is 3.54. The van der Waals surface area contributed by atoms with Crippen LogP contribution in [0.4, 0.5) is 11.4 Å². The van der Waals surface area contributed by atoms with Crippen LogP contribution >= 0.6 is 22.6 Å². The van der Waals surface area contributed by atoms with E-state index in [1.165, 1.54) is 5.56 Å². The lowest BCUT2D eigenvalue weighted by atomic mass is 10.1. The van der Waals surface area contributed by atoms with E-state index in [0.29, 0.717) is 0 Å². The number of anilines is 2. The summed E-state index contributed by atoms with van der Waals surface area (Å²) in [6.07, 6.45) is 0.898. The van der Waals surface area contributed by atoms with Crippen molar-refractivity contribution in [3.05, 3.63) is 51.6 Å². The molecule has 2 rings (SSSR count). The average molecular weight is 368 g/mol. The van der Waals surface area contributed by atoms with Gasteiger partial charge in [0.1, 0.15) is 5.75 Å². The molecule has 3 nitrogen and oxygen atoms in total. The number of para-hydroxylation sites is 1. The van der Waals surface area contributed by atoms with E-state index in [4.69, 9.17) is 10.5 Å². The molecule has 19 heavy (non-hydrogen) atoms. The van der Waals surface area contributed by atoms with Crippen LogP contribution in [0.3, 0.4) is 0 Å². The standard InChI is InChI=1S/C15H17IN2O/c1-19-15-5-3-2-4-11(15)8-9-18-14-7-6-12(16)10-13(14)17/h2-7,10,18H,8-9,17H2,1H3. The quantitative estimate of drug-likeness (QED) is 0.627. The average Bonchev–Trinajstić information content (AvgIpc) is 2.42. The highest BCUT2D eigenvalue weighted by Gasteiger charge is 2.02. The van der Waals surface area contributed by atoms with Crippen LogP contribution in [0.1, 0.15) is 5.56 Å². The fraction of sp³-hybridized carbons (Fsp3) is 0.200. The summed E-state index contributed by atoms with van der Waals surface area (Å²) in [5.41, 5.74) is 8.93. The summed E-state index contributed by atoms with van der Waals surface area (Å²) in [7, 11) is 1.70. The molecule has 3 N–H and O–H groups in total. The van der Waals surface area contributed by atoms with Crippen LogP contribution in [-0.2, 0) is 6.42 Å². The van der Waals surface area contributed by atoms with Gasteiger partial charge in [-0.15, -0.1) is 0 Å². The zero-order valence-electron chi connectivity index (χ0n) is 10.8. The second-order valence-corrected chi connectivity index (χ2v) is 5.47. The third-order valence-electron chi connectivity index (χ3n) is 2.92. The Morgan fingerprint density at radius 3 is 2.74 bits per heavy atom. The lowest BCUT2D eigenvalue weighted by Gasteiger charge is -2.11. The summed E-state index contributed by atoms with van der Waals surface area (Å²) in [6.45, 7) is 0.825. The van der Waals surface area contributed by atoms with E-state index in [0.717, 1.165) is 33.7 Å². The molecule has 0 aliphatic rings. The first-order valence-corrected chi connectivity index (χ1v) is 7.19. The zero-order chi connectivity index (χ0) is 13.7. The fourth-order valence-corrected chi connectivity index (χ4v) is 2.45. The number of hydrogen-bond donors (Lipinski definition) is 2. The second-order valence-electron chi connectivity index (χ2n) is 4.22. The number of benzene rings is 2. The molecule has 100 valence electrons. The van der Waals surface area contributed by atoms with Gasteiger partial charge in [0.05, 0.1) is 18.5 Å². The molecule has 0 radical (unpaired) electrons. The molecule has 0 fully saturated rings. The maximum Gasteiger partial charge on any atom is 0.122 e. The predicted molar refractivity (Wildman–Crippen MR) is 88.8 cm³/mol. The smallest absolute Gasteiger partial charge is 0.122 e. The van der Waals surface area contributed by atoms with E-state index >= 15 is 0 Å². The highest BCUT2D eigenvalue weighted by Crippen LogP contribution is 2.22. The molecule has 0 saturated carbocycles. The Morgan fingerprint density at radius 2 is 2.00 bits per heavy atom. The van der Waals surface area contributed by atoms with E-state index in [9.17, 15) is 0 Å². The summed E-state index contributed by atoms with van der Waals surface area (Å²) in [5, 5.41) is 3.36. The second kappa shape index (κ2) is 6.65. The third kappa shape index (κ3) is 3.76. The molecule has 4 heteroatoms. The summed E-state index contributed by atoms with van der Waals surface area (Å²) in [4.78, 5) is 0. The van der Waals surface area contributed by atoms with Gasteiger partial charge in [-0.2, -0.15) is 0 Å². The topological polar surface area (TPSA) is 47.3 Å². The molecule has 0 aromatic heterocycles. The lowest BCUT2D eigenvalue weighted by molar-refractivity contribution is 0.410. The van der Waals surface area contributed by atoms with Crippen molar-refractivity contribution in [1.82, 2.24) is 0 Å². The molecule has 0 atom stereocenters. The normalized spacial score (nSPS) is 10.2. The van der Waals surface area contributed by atoms with Gasteiger partial charge in [0.15, 0.2) is 0 Å².